The van der Waals surface area contributed by atoms with Crippen LogP contribution in [0, 0.1) is 0 Å². The summed E-state index contributed by atoms with van der Waals surface area (Å²) < 4.78 is 1.57. The molecule has 1 aliphatic rings. The second-order valence-corrected chi connectivity index (χ2v) is 6.27. The van der Waals surface area contributed by atoms with E-state index in [1.165, 1.54) is 30.9 Å². The molecule has 3 rings (SSSR count). The van der Waals surface area contributed by atoms with Gasteiger partial charge >= 0.3 is 0 Å². The monoisotopic (exact) mass is 329 g/mol. The van der Waals surface area contributed by atoms with Crippen molar-refractivity contribution in [1.29, 1.82) is 0 Å². The third-order valence-corrected chi connectivity index (χ3v) is 4.72. The molecule has 23 heavy (non-hydrogen) atoms. The van der Waals surface area contributed by atoms with Crippen LogP contribution >= 0.6 is 11.8 Å². The van der Waals surface area contributed by atoms with E-state index in [0.717, 1.165) is 0 Å². The minimum Gasteiger partial charge on any atom is -0.326 e. The van der Waals surface area contributed by atoms with Crippen molar-refractivity contribution < 1.29 is 9.59 Å². The molecule has 1 amide bonds. The molecule has 0 saturated carbocycles. The molecule has 0 unspecified atom stereocenters. The van der Waals surface area contributed by atoms with Crippen molar-refractivity contribution in [2.24, 2.45) is 0 Å². The van der Waals surface area contributed by atoms with Gasteiger partial charge in [0.25, 0.3) is 5.56 Å². The summed E-state index contributed by atoms with van der Waals surface area (Å²) >= 11 is 1.48. The second-order valence-electron chi connectivity index (χ2n) is 5.29. The molecular weight excluding hydrogens is 314 g/mol. The number of nitrogens with zero attached hydrogens (tertiary/aromatic N) is 2. The number of ketones is 1. The lowest BCUT2D eigenvalue weighted by Crippen LogP contribution is -2.26. The van der Waals surface area contributed by atoms with Crippen LogP contribution in [0.3, 0.4) is 0 Å². The molecule has 1 N–H and O–H groups in total. The summed E-state index contributed by atoms with van der Waals surface area (Å²) in [6, 6.07) is 7.95. The van der Waals surface area contributed by atoms with Crippen LogP contribution in [0.15, 0.2) is 46.5 Å². The van der Waals surface area contributed by atoms with E-state index >= 15 is 0 Å². The minimum atomic E-state index is -0.187. The lowest BCUT2D eigenvalue weighted by molar-refractivity contribution is -0.116. The number of rotatable bonds is 4. The maximum Gasteiger partial charge on any atom is 0.254 e. The number of hydrogen-bond acceptors (Lipinski definition) is 5. The van der Waals surface area contributed by atoms with Gasteiger partial charge < -0.3 is 5.32 Å². The van der Waals surface area contributed by atoms with E-state index < -0.39 is 0 Å². The van der Waals surface area contributed by atoms with Gasteiger partial charge in [-0.25, -0.2) is 4.98 Å². The quantitative estimate of drug-likeness (QED) is 0.686. The summed E-state index contributed by atoms with van der Waals surface area (Å²) in [5.74, 6) is 0.465. The molecule has 0 radical (unpaired) electrons. The van der Waals surface area contributed by atoms with Crippen molar-refractivity contribution in [3.05, 3.63) is 52.4 Å². The summed E-state index contributed by atoms with van der Waals surface area (Å²) in [6.07, 6.45) is 1.69. The standard InChI is InChI=1S/C16H15N3O3S/c1-10(20)11-2-4-12(5-3-11)18-14(21)8-13-9-23-16-17-7-6-15(22)19(13)16/h2-7,13H,8-9H2,1H3,(H,18,21)/t13-/m1/s1. The number of fused-ring (bicyclic) bond motifs is 1. The van der Waals surface area contributed by atoms with E-state index in [2.05, 4.69) is 10.3 Å². The van der Waals surface area contributed by atoms with Gasteiger partial charge in [-0.2, -0.15) is 0 Å². The van der Waals surface area contributed by atoms with Gasteiger partial charge in [-0.15, -0.1) is 0 Å². The Hall–Kier alpha value is -2.41. The summed E-state index contributed by atoms with van der Waals surface area (Å²) in [4.78, 5) is 39.5. The van der Waals surface area contributed by atoms with Crippen LogP contribution in [0.1, 0.15) is 29.7 Å². The van der Waals surface area contributed by atoms with Gasteiger partial charge in [-0.3, -0.25) is 19.0 Å². The van der Waals surface area contributed by atoms with Crippen molar-refractivity contribution in [1.82, 2.24) is 9.55 Å². The van der Waals surface area contributed by atoms with E-state index in [1.54, 1.807) is 28.8 Å². The molecule has 7 heteroatoms. The average Bonchev–Trinajstić information content (AvgIpc) is 2.92. The van der Waals surface area contributed by atoms with E-state index in [9.17, 15) is 14.4 Å². The van der Waals surface area contributed by atoms with E-state index in [4.69, 9.17) is 0 Å². The Balaban J connectivity index is 1.67. The summed E-state index contributed by atoms with van der Waals surface area (Å²) in [6.45, 7) is 1.49. The number of carbonyl (C=O) groups excluding carboxylic acids is 2. The first-order chi connectivity index (χ1) is 11.0. The predicted molar refractivity (Wildman–Crippen MR) is 88.0 cm³/mol. The fourth-order valence-electron chi connectivity index (χ4n) is 2.45. The molecule has 6 nitrogen and oxygen atoms in total. The lowest BCUT2D eigenvalue weighted by atomic mass is 10.1. The number of aromatic nitrogens is 2. The van der Waals surface area contributed by atoms with E-state index in [0.29, 0.717) is 22.2 Å². The number of carbonyl (C=O) groups is 2. The Labute approximate surface area is 136 Å². The van der Waals surface area contributed by atoms with E-state index in [1.807, 2.05) is 0 Å². The van der Waals surface area contributed by atoms with Gasteiger partial charge in [0.2, 0.25) is 5.91 Å². The molecule has 1 aromatic heterocycles. The number of amides is 1. The van der Waals surface area contributed by atoms with Crippen LogP contribution in [0.2, 0.25) is 0 Å². The first-order valence-electron chi connectivity index (χ1n) is 7.16. The summed E-state index contributed by atoms with van der Waals surface area (Å²) in [7, 11) is 0. The first kappa shape index (κ1) is 15.5. The molecule has 2 aromatic rings. The molecule has 1 aromatic carbocycles. The summed E-state index contributed by atoms with van der Waals surface area (Å²) in [5, 5.41) is 3.44. The highest BCUT2D eigenvalue weighted by molar-refractivity contribution is 7.99. The Bertz CT molecular complexity index is 814. The highest BCUT2D eigenvalue weighted by Crippen LogP contribution is 2.31. The number of Topliss-reactive ketones (excluding diaryl/α,β-unsaturated/α-hetero) is 1. The maximum absolute atomic E-state index is 12.2. The van der Waals surface area contributed by atoms with Crippen LogP contribution < -0.4 is 10.9 Å². The first-order valence-corrected chi connectivity index (χ1v) is 8.14. The van der Waals surface area contributed by atoms with Crippen LogP contribution in [-0.4, -0.2) is 27.0 Å². The molecule has 118 valence electrons. The van der Waals surface area contributed by atoms with Crippen LogP contribution in [0.25, 0.3) is 0 Å². The third-order valence-electron chi connectivity index (χ3n) is 3.61. The molecule has 1 atom stereocenters. The molecule has 1 aliphatic heterocycles. The topological polar surface area (TPSA) is 81.1 Å². The molecule has 0 aliphatic carbocycles. The molecular formula is C16H15N3O3S. The van der Waals surface area contributed by atoms with Crippen LogP contribution in [-0.2, 0) is 4.79 Å². The predicted octanol–water partition coefficient (Wildman–Crippen LogP) is 2.12. The Morgan fingerprint density at radius 1 is 1.30 bits per heavy atom. The maximum atomic E-state index is 12.2. The fourth-order valence-corrected chi connectivity index (χ4v) is 3.58. The second kappa shape index (κ2) is 6.37. The Kier molecular flexibility index (Phi) is 4.29. The van der Waals surface area contributed by atoms with E-state index in [-0.39, 0.29) is 29.7 Å². The van der Waals surface area contributed by atoms with Crippen molar-refractivity contribution in [2.45, 2.75) is 24.5 Å². The van der Waals surface area contributed by atoms with Crippen molar-refractivity contribution in [3.63, 3.8) is 0 Å². The largest absolute Gasteiger partial charge is 0.326 e. The molecule has 0 saturated heterocycles. The zero-order valence-corrected chi connectivity index (χ0v) is 13.3. The molecule has 0 spiro atoms. The van der Waals surface area contributed by atoms with Gasteiger partial charge in [0.1, 0.15) is 0 Å². The number of benzene rings is 1. The number of anilines is 1. The van der Waals surface area contributed by atoms with Gasteiger partial charge in [0.15, 0.2) is 10.9 Å². The van der Waals surface area contributed by atoms with Crippen LogP contribution in [0.5, 0.6) is 0 Å². The smallest absolute Gasteiger partial charge is 0.254 e. The fraction of sp³-hybridized carbons (Fsp3) is 0.250. The zero-order valence-electron chi connectivity index (χ0n) is 12.5. The minimum absolute atomic E-state index is 0.0191. The van der Waals surface area contributed by atoms with Gasteiger partial charge in [-0.1, -0.05) is 11.8 Å². The van der Waals surface area contributed by atoms with Crippen molar-refractivity contribution >= 4 is 29.1 Å². The number of nitrogens with one attached hydrogen (secondary N) is 1. The highest BCUT2D eigenvalue weighted by Gasteiger charge is 2.26. The normalized spacial score (nSPS) is 16.0. The lowest BCUT2D eigenvalue weighted by Gasteiger charge is -2.13. The third kappa shape index (κ3) is 3.34. The summed E-state index contributed by atoms with van der Waals surface area (Å²) in [5.41, 5.74) is 1.09. The number of thioether (sulfide) groups is 1. The van der Waals surface area contributed by atoms with Crippen molar-refractivity contribution in [2.75, 3.05) is 11.1 Å². The van der Waals surface area contributed by atoms with Gasteiger partial charge in [-0.05, 0) is 31.2 Å². The Morgan fingerprint density at radius 3 is 2.74 bits per heavy atom. The van der Waals surface area contributed by atoms with Gasteiger partial charge in [0.05, 0.1) is 6.04 Å². The average molecular weight is 329 g/mol. The SMILES string of the molecule is CC(=O)c1ccc(NC(=O)C[C@@H]2CSc3nccc(=O)n32)cc1. The van der Waals surface area contributed by atoms with Gasteiger partial charge in [0, 0.05) is 35.7 Å². The molecule has 0 fully saturated rings. The van der Waals surface area contributed by atoms with Crippen LogP contribution in [0.4, 0.5) is 5.69 Å². The zero-order chi connectivity index (χ0) is 16.4. The van der Waals surface area contributed by atoms with Crippen molar-refractivity contribution in [3.8, 4) is 0 Å². The molecule has 0 bridgehead atoms. The Morgan fingerprint density at radius 2 is 2.04 bits per heavy atom. The molecule has 2 heterocycles. The highest BCUT2D eigenvalue weighted by atomic mass is 32.2. The number of hydrogen-bond donors (Lipinski definition) is 1.